The van der Waals surface area contributed by atoms with Gasteiger partial charge in [-0.1, -0.05) is 20.8 Å². The molecule has 0 aliphatic carbocycles. The van der Waals surface area contributed by atoms with E-state index < -0.39 is 0 Å². The lowest BCUT2D eigenvalue weighted by atomic mass is 9.92. The fraction of sp³-hybridized carbons (Fsp3) is 0.286. The number of anilines is 1. The number of aromatic hydroxyl groups is 1. The zero-order valence-electron chi connectivity index (χ0n) is 11.1. The molecule has 0 aliphatic rings. The Kier molecular flexibility index (Phi) is 3.66. The minimum atomic E-state index is -0.0980. The number of rotatable bonds is 1. The Bertz CT molecular complexity index is 603. The van der Waals surface area contributed by atoms with Crippen molar-refractivity contribution in [2.75, 3.05) is 5.73 Å². The second kappa shape index (κ2) is 4.96. The van der Waals surface area contributed by atoms with Gasteiger partial charge >= 0.3 is 0 Å². The molecule has 0 fully saturated rings. The van der Waals surface area contributed by atoms with Crippen LogP contribution in [-0.4, -0.2) is 15.1 Å². The lowest BCUT2D eigenvalue weighted by Crippen LogP contribution is -2.18. The van der Waals surface area contributed by atoms with E-state index in [9.17, 15) is 5.11 Å². The number of nitrogens with zero attached hydrogens (tertiary/aromatic N) is 2. The van der Waals surface area contributed by atoms with Crippen LogP contribution in [0.2, 0.25) is 0 Å². The van der Waals surface area contributed by atoms with Crippen molar-refractivity contribution in [3.8, 4) is 17.1 Å². The fourth-order valence-corrected chi connectivity index (χ4v) is 2.75. The van der Waals surface area contributed by atoms with Crippen LogP contribution in [0, 0.1) is 3.57 Å². The molecule has 0 atom stereocenters. The average Bonchev–Trinajstić information content (AvgIpc) is 2.32. The molecule has 0 radical (unpaired) electrons. The van der Waals surface area contributed by atoms with E-state index in [4.69, 9.17) is 5.73 Å². The number of halogens is 1. The first-order valence-electron chi connectivity index (χ1n) is 5.92. The number of hydrogen-bond acceptors (Lipinski definition) is 4. The molecule has 0 amide bonds. The first-order valence-corrected chi connectivity index (χ1v) is 7.00. The van der Waals surface area contributed by atoms with E-state index in [-0.39, 0.29) is 11.2 Å². The van der Waals surface area contributed by atoms with E-state index >= 15 is 0 Å². The molecule has 1 aromatic heterocycles. The summed E-state index contributed by atoms with van der Waals surface area (Å²) in [5.41, 5.74) is 7.65. The molecular formula is C14H16IN3O. The number of phenolic OH excluding ortho intramolecular Hbond substituents is 1. The van der Waals surface area contributed by atoms with Gasteiger partial charge in [0.25, 0.3) is 0 Å². The molecule has 4 nitrogen and oxygen atoms in total. The van der Waals surface area contributed by atoms with Gasteiger partial charge in [-0.2, -0.15) is 0 Å². The summed E-state index contributed by atoms with van der Waals surface area (Å²) in [6.07, 6.45) is 0. The quantitative estimate of drug-likeness (QED) is 0.757. The topological polar surface area (TPSA) is 72.0 Å². The monoisotopic (exact) mass is 369 g/mol. The lowest BCUT2D eigenvalue weighted by molar-refractivity contribution is 0.475. The highest BCUT2D eigenvalue weighted by Crippen LogP contribution is 2.30. The molecule has 0 spiro atoms. The normalized spacial score (nSPS) is 11.6. The maximum absolute atomic E-state index is 9.32. The highest BCUT2D eigenvalue weighted by molar-refractivity contribution is 14.1. The van der Waals surface area contributed by atoms with Gasteiger partial charge in [0.2, 0.25) is 0 Å². The summed E-state index contributed by atoms with van der Waals surface area (Å²) in [5, 5.41) is 9.32. The van der Waals surface area contributed by atoms with Crippen molar-refractivity contribution >= 4 is 28.4 Å². The Morgan fingerprint density at radius 3 is 2.21 bits per heavy atom. The van der Waals surface area contributed by atoms with Gasteiger partial charge in [-0.15, -0.1) is 0 Å². The summed E-state index contributed by atoms with van der Waals surface area (Å²) in [4.78, 5) is 8.95. The summed E-state index contributed by atoms with van der Waals surface area (Å²) >= 11 is 2.18. The van der Waals surface area contributed by atoms with E-state index in [1.165, 1.54) is 0 Å². The van der Waals surface area contributed by atoms with Crippen LogP contribution in [-0.2, 0) is 5.41 Å². The number of hydrogen-bond donors (Lipinski definition) is 2. The second-order valence-corrected chi connectivity index (χ2v) is 6.47. The van der Waals surface area contributed by atoms with E-state index in [1.807, 2.05) is 0 Å². The number of benzene rings is 1. The van der Waals surface area contributed by atoms with Gasteiger partial charge in [-0.05, 0) is 46.9 Å². The van der Waals surface area contributed by atoms with Crippen molar-refractivity contribution in [2.45, 2.75) is 26.2 Å². The molecule has 1 aromatic carbocycles. The van der Waals surface area contributed by atoms with Crippen molar-refractivity contribution in [1.82, 2.24) is 9.97 Å². The predicted molar refractivity (Wildman–Crippen MR) is 85.0 cm³/mol. The number of nitrogen functional groups attached to an aromatic ring is 1. The molecule has 5 heteroatoms. The van der Waals surface area contributed by atoms with Crippen molar-refractivity contribution in [3.63, 3.8) is 0 Å². The van der Waals surface area contributed by atoms with E-state index in [0.717, 1.165) is 14.8 Å². The van der Waals surface area contributed by atoms with Crippen LogP contribution >= 0.6 is 22.6 Å². The molecule has 1 heterocycles. The molecule has 100 valence electrons. The molecule has 0 saturated heterocycles. The van der Waals surface area contributed by atoms with Crippen molar-refractivity contribution in [2.24, 2.45) is 0 Å². The summed E-state index contributed by atoms with van der Waals surface area (Å²) < 4.78 is 0.896. The Hall–Kier alpha value is -1.37. The molecule has 0 bridgehead atoms. The molecule has 0 saturated carbocycles. The van der Waals surface area contributed by atoms with Crippen LogP contribution in [0.15, 0.2) is 24.3 Å². The number of nitrogens with two attached hydrogens (primary N) is 1. The number of aromatic nitrogens is 2. The van der Waals surface area contributed by atoms with Crippen LogP contribution in [0.1, 0.15) is 26.5 Å². The molecule has 0 unspecified atom stereocenters. The van der Waals surface area contributed by atoms with E-state index in [2.05, 4.69) is 53.3 Å². The second-order valence-electron chi connectivity index (χ2n) is 5.39. The van der Waals surface area contributed by atoms with Crippen LogP contribution < -0.4 is 5.73 Å². The predicted octanol–water partition coefficient (Wildman–Crippen LogP) is 3.33. The highest BCUT2D eigenvalue weighted by Gasteiger charge is 2.22. The van der Waals surface area contributed by atoms with Gasteiger partial charge in [-0.3, -0.25) is 0 Å². The van der Waals surface area contributed by atoms with E-state index in [0.29, 0.717) is 11.6 Å². The average molecular weight is 369 g/mol. The Morgan fingerprint density at radius 2 is 1.68 bits per heavy atom. The number of phenols is 1. The fourth-order valence-electron chi connectivity index (χ4n) is 1.70. The summed E-state index contributed by atoms with van der Waals surface area (Å²) in [7, 11) is 0. The van der Waals surface area contributed by atoms with Crippen LogP contribution in [0.3, 0.4) is 0 Å². The van der Waals surface area contributed by atoms with Gasteiger partial charge in [0, 0.05) is 11.0 Å². The maximum atomic E-state index is 9.32. The molecule has 2 aromatic rings. The van der Waals surface area contributed by atoms with Gasteiger partial charge in [0.15, 0.2) is 5.82 Å². The Morgan fingerprint density at radius 1 is 1.11 bits per heavy atom. The molecule has 19 heavy (non-hydrogen) atoms. The van der Waals surface area contributed by atoms with Gasteiger partial charge < -0.3 is 10.8 Å². The Labute approximate surface area is 126 Å². The van der Waals surface area contributed by atoms with Crippen LogP contribution in [0.25, 0.3) is 11.4 Å². The van der Waals surface area contributed by atoms with Crippen molar-refractivity contribution in [3.05, 3.63) is 33.5 Å². The third kappa shape index (κ3) is 2.97. The largest absolute Gasteiger partial charge is 0.508 e. The summed E-state index contributed by atoms with van der Waals surface area (Å²) in [6, 6.07) is 6.79. The standard InChI is InChI=1S/C14H16IN3O/c1-14(2,3)11-10(15)12(16)18-13(17-11)8-4-6-9(19)7-5-8/h4-7,19H,1-3H3,(H2,16,17,18). The van der Waals surface area contributed by atoms with Crippen LogP contribution in [0.5, 0.6) is 5.75 Å². The lowest BCUT2D eigenvalue weighted by Gasteiger charge is -2.21. The zero-order chi connectivity index (χ0) is 14.2. The van der Waals surface area contributed by atoms with Gasteiger partial charge in [0.1, 0.15) is 11.6 Å². The molecule has 2 rings (SSSR count). The molecule has 3 N–H and O–H groups in total. The van der Waals surface area contributed by atoms with E-state index in [1.54, 1.807) is 24.3 Å². The summed E-state index contributed by atoms with van der Waals surface area (Å²) in [6.45, 7) is 6.28. The molecule has 0 aliphatic heterocycles. The third-order valence-corrected chi connectivity index (χ3v) is 3.78. The van der Waals surface area contributed by atoms with Gasteiger partial charge in [0.05, 0.1) is 9.26 Å². The van der Waals surface area contributed by atoms with Crippen molar-refractivity contribution < 1.29 is 5.11 Å². The van der Waals surface area contributed by atoms with Gasteiger partial charge in [-0.25, -0.2) is 9.97 Å². The third-order valence-electron chi connectivity index (χ3n) is 2.71. The Balaban J connectivity index is 2.60. The summed E-state index contributed by atoms with van der Waals surface area (Å²) in [5.74, 6) is 1.30. The molecular weight excluding hydrogens is 353 g/mol. The first-order chi connectivity index (χ1) is 8.79. The smallest absolute Gasteiger partial charge is 0.161 e. The van der Waals surface area contributed by atoms with Crippen molar-refractivity contribution in [1.29, 1.82) is 0 Å². The first kappa shape index (κ1) is 14.0. The SMILES string of the molecule is CC(C)(C)c1nc(-c2ccc(O)cc2)nc(N)c1I. The zero-order valence-corrected chi connectivity index (χ0v) is 13.3. The van der Waals surface area contributed by atoms with Crippen LogP contribution in [0.4, 0.5) is 5.82 Å². The maximum Gasteiger partial charge on any atom is 0.161 e. The highest BCUT2D eigenvalue weighted by atomic mass is 127. The minimum Gasteiger partial charge on any atom is -0.508 e. The minimum absolute atomic E-state index is 0.0980.